The number of hydrogen-bond donors (Lipinski definition) is 2. The van der Waals surface area contributed by atoms with Gasteiger partial charge in [0.15, 0.2) is 17.1 Å². The van der Waals surface area contributed by atoms with Gasteiger partial charge < -0.3 is 14.9 Å². The lowest BCUT2D eigenvalue weighted by Gasteiger charge is -2.17. The van der Waals surface area contributed by atoms with Crippen molar-refractivity contribution in [2.75, 3.05) is 6.61 Å². The van der Waals surface area contributed by atoms with Crippen molar-refractivity contribution in [3.8, 4) is 0 Å². The molecule has 2 heterocycles. The first-order valence-corrected chi connectivity index (χ1v) is 7.60. The van der Waals surface area contributed by atoms with Gasteiger partial charge in [0, 0.05) is 0 Å². The van der Waals surface area contributed by atoms with E-state index in [0.29, 0.717) is 25.8 Å². The van der Waals surface area contributed by atoms with Crippen LogP contribution in [-0.2, 0) is 4.74 Å². The van der Waals surface area contributed by atoms with Gasteiger partial charge in [-0.3, -0.25) is 4.57 Å². The number of rotatable bonds is 2. The Bertz CT molecular complexity index is 699. The highest BCUT2D eigenvalue weighted by Crippen LogP contribution is 2.38. The molecule has 2 aromatic rings. The van der Waals surface area contributed by atoms with Crippen molar-refractivity contribution in [2.24, 2.45) is 0 Å². The average Bonchev–Trinajstić information content (AvgIpc) is 2.89. The van der Waals surface area contributed by atoms with Gasteiger partial charge in [-0.25, -0.2) is 9.37 Å². The van der Waals surface area contributed by atoms with E-state index in [1.807, 2.05) is 0 Å². The summed E-state index contributed by atoms with van der Waals surface area (Å²) in [5.74, 6) is 0. The van der Waals surface area contributed by atoms with E-state index in [1.54, 1.807) is 12.1 Å². The van der Waals surface area contributed by atoms with Crippen LogP contribution in [-0.4, -0.2) is 44.8 Å². The molecule has 1 aliphatic rings. The van der Waals surface area contributed by atoms with Gasteiger partial charge in [0.1, 0.15) is 12.2 Å². The molecule has 9 heteroatoms. The summed E-state index contributed by atoms with van der Waals surface area (Å²) in [6.07, 6.45) is -5.22. The summed E-state index contributed by atoms with van der Waals surface area (Å²) in [5.41, 5.74) is 1.02. The number of imidazole rings is 1. The normalized spacial score (nSPS) is 29.4. The number of aliphatic hydroxyl groups excluding tert-OH is 2. The Hall–Kier alpha value is -0.440. The van der Waals surface area contributed by atoms with Crippen LogP contribution in [0.3, 0.4) is 0 Å². The second-order valence-corrected chi connectivity index (χ2v) is 6.21. The molecular weight excluding hydrogens is 390 g/mol. The Morgan fingerprint density at radius 3 is 2.67 bits per heavy atom. The summed E-state index contributed by atoms with van der Waals surface area (Å²) in [4.78, 5) is 4.22. The van der Waals surface area contributed by atoms with Crippen molar-refractivity contribution in [1.29, 1.82) is 0 Å². The topological polar surface area (TPSA) is 67.5 Å². The minimum atomic E-state index is -1.70. The van der Waals surface area contributed by atoms with Gasteiger partial charge in [0.2, 0.25) is 0 Å². The molecule has 1 fully saturated rings. The van der Waals surface area contributed by atoms with Crippen LogP contribution in [0.4, 0.5) is 4.39 Å². The van der Waals surface area contributed by atoms with Crippen LogP contribution in [0.1, 0.15) is 6.23 Å². The van der Waals surface area contributed by atoms with Crippen LogP contribution >= 0.6 is 39.1 Å². The second-order valence-electron chi connectivity index (χ2n) is 4.69. The van der Waals surface area contributed by atoms with Crippen LogP contribution < -0.4 is 0 Å². The Labute approximate surface area is 137 Å². The maximum atomic E-state index is 14.3. The number of benzene rings is 1. The van der Waals surface area contributed by atoms with Gasteiger partial charge in [-0.2, -0.15) is 0 Å². The summed E-state index contributed by atoms with van der Waals surface area (Å²) in [6.45, 7) is -0.477. The van der Waals surface area contributed by atoms with E-state index in [2.05, 4.69) is 20.9 Å². The predicted molar refractivity (Wildman–Crippen MR) is 79.4 cm³/mol. The molecule has 4 unspecified atom stereocenters. The van der Waals surface area contributed by atoms with Crippen LogP contribution in [0.2, 0.25) is 10.0 Å². The third kappa shape index (κ3) is 2.46. The van der Waals surface area contributed by atoms with Crippen molar-refractivity contribution in [2.45, 2.75) is 24.6 Å². The monoisotopic (exact) mass is 398 g/mol. The summed E-state index contributed by atoms with van der Waals surface area (Å²) >= 11 is 15.1. The van der Waals surface area contributed by atoms with E-state index in [9.17, 15) is 9.50 Å². The number of halogens is 4. The predicted octanol–water partition coefficient (Wildman–Crippen LogP) is 2.69. The van der Waals surface area contributed by atoms with Crippen LogP contribution in [0.5, 0.6) is 0 Å². The molecule has 2 N–H and O–H groups in total. The van der Waals surface area contributed by atoms with Crippen LogP contribution in [0, 0.1) is 0 Å². The zero-order valence-electron chi connectivity index (χ0n) is 10.4. The van der Waals surface area contributed by atoms with Gasteiger partial charge in [-0.1, -0.05) is 23.2 Å². The number of hydrogen-bond acceptors (Lipinski definition) is 4. The lowest BCUT2D eigenvalue weighted by molar-refractivity contribution is -0.0465. The Kier molecular flexibility index (Phi) is 4.15. The minimum absolute atomic E-state index is 0.297. The summed E-state index contributed by atoms with van der Waals surface area (Å²) < 4.78 is 21.4. The maximum Gasteiger partial charge on any atom is 0.180 e. The summed E-state index contributed by atoms with van der Waals surface area (Å²) in [7, 11) is 0. The number of aliphatic hydroxyl groups is 2. The molecular formula is C12H10BrCl2FN2O3. The van der Waals surface area contributed by atoms with E-state index >= 15 is 0 Å². The molecule has 0 amide bonds. The SMILES string of the molecule is OCC1OC(n2c(Br)nc3cc(Cl)c(Cl)cc32)C(F)C1O. The first-order chi connectivity index (χ1) is 9.93. The molecule has 0 aliphatic carbocycles. The fraction of sp³-hybridized carbons (Fsp3) is 0.417. The molecule has 1 saturated heterocycles. The Morgan fingerprint density at radius 1 is 1.38 bits per heavy atom. The van der Waals surface area contributed by atoms with E-state index in [0.717, 1.165) is 0 Å². The summed E-state index contributed by atoms with van der Waals surface area (Å²) in [5, 5.41) is 19.5. The lowest BCUT2D eigenvalue weighted by atomic mass is 10.1. The first kappa shape index (κ1) is 15.5. The van der Waals surface area contributed by atoms with Gasteiger partial charge in [0.25, 0.3) is 0 Å². The molecule has 5 nitrogen and oxygen atoms in total. The third-order valence-electron chi connectivity index (χ3n) is 3.42. The van der Waals surface area contributed by atoms with Crippen LogP contribution in [0.15, 0.2) is 16.9 Å². The highest BCUT2D eigenvalue weighted by atomic mass is 79.9. The molecule has 4 atom stereocenters. The van der Waals surface area contributed by atoms with Gasteiger partial charge >= 0.3 is 0 Å². The number of fused-ring (bicyclic) bond motifs is 1. The Morgan fingerprint density at radius 2 is 2.05 bits per heavy atom. The Balaban J connectivity index is 2.12. The fourth-order valence-corrected chi connectivity index (χ4v) is 3.27. The number of alkyl halides is 1. The van der Waals surface area contributed by atoms with E-state index in [1.165, 1.54) is 4.57 Å². The first-order valence-electron chi connectivity index (χ1n) is 6.05. The molecule has 0 radical (unpaired) electrons. The van der Waals surface area contributed by atoms with Crippen molar-refractivity contribution in [1.82, 2.24) is 9.55 Å². The molecule has 3 rings (SSSR count). The molecule has 21 heavy (non-hydrogen) atoms. The van der Waals surface area contributed by atoms with Crippen molar-refractivity contribution >= 4 is 50.2 Å². The highest BCUT2D eigenvalue weighted by molar-refractivity contribution is 9.10. The smallest absolute Gasteiger partial charge is 0.180 e. The third-order valence-corrected chi connectivity index (χ3v) is 4.70. The fourth-order valence-electron chi connectivity index (χ4n) is 2.37. The molecule has 0 bridgehead atoms. The molecule has 1 aromatic heterocycles. The number of ether oxygens (including phenoxy) is 1. The van der Waals surface area contributed by atoms with Crippen molar-refractivity contribution in [3.05, 3.63) is 26.9 Å². The second kappa shape index (κ2) is 5.64. The molecule has 114 valence electrons. The van der Waals surface area contributed by atoms with Gasteiger partial charge in [-0.05, 0) is 28.1 Å². The van der Waals surface area contributed by atoms with Gasteiger partial charge in [0.05, 0.1) is 27.7 Å². The van der Waals surface area contributed by atoms with Crippen molar-refractivity contribution < 1.29 is 19.3 Å². The van der Waals surface area contributed by atoms with E-state index in [-0.39, 0.29) is 0 Å². The van der Waals surface area contributed by atoms with Gasteiger partial charge in [-0.15, -0.1) is 0 Å². The zero-order valence-corrected chi connectivity index (χ0v) is 13.5. The number of aromatic nitrogens is 2. The van der Waals surface area contributed by atoms with Crippen molar-refractivity contribution in [3.63, 3.8) is 0 Å². The van der Waals surface area contributed by atoms with E-state index in [4.69, 9.17) is 33.0 Å². The van der Waals surface area contributed by atoms with E-state index < -0.39 is 31.2 Å². The summed E-state index contributed by atoms with van der Waals surface area (Å²) in [6, 6.07) is 3.11. The molecule has 1 aromatic carbocycles. The largest absolute Gasteiger partial charge is 0.394 e. The standard InChI is InChI=1S/C12H10BrCl2FN2O3/c13-12-17-6-1-4(14)5(15)2-7(6)18(12)11-9(16)10(20)8(3-19)21-11/h1-2,8-11,19-20H,3H2. The minimum Gasteiger partial charge on any atom is -0.394 e. The maximum absolute atomic E-state index is 14.3. The lowest BCUT2D eigenvalue weighted by Crippen LogP contribution is -2.30. The molecule has 0 saturated carbocycles. The highest BCUT2D eigenvalue weighted by Gasteiger charge is 2.45. The van der Waals surface area contributed by atoms with Crippen LogP contribution in [0.25, 0.3) is 11.0 Å². The zero-order chi connectivity index (χ0) is 15.3. The molecule has 1 aliphatic heterocycles. The quantitative estimate of drug-likeness (QED) is 0.814. The average molecular weight is 400 g/mol. The molecule has 0 spiro atoms. The number of nitrogens with zero attached hydrogens (tertiary/aromatic N) is 2.